The number of imide groups is 1. The SMILES string of the molecule is CC(C)CCCC(C)C1CCC2C3CC=C4CC(SC5CC(=O)N(c6ccc(NC(=O)Oc7cccc8c7C(=O)C7=C(O)C9(O)C(=O)C(C(N)=O)=C(O)C(N(C)C)C9CC7C8(C)O)cc6)C5=O)CCC4(C)[C@H]3CCC12C. The first-order chi connectivity index (χ1) is 35.8. The number of carbonyl (C=O) groups excluding carboxylic acids is 6. The average Bonchev–Trinajstić information content (AvgIpc) is 3.97. The summed E-state index contributed by atoms with van der Waals surface area (Å²) in [5, 5.41) is 49.5. The minimum atomic E-state index is -2.89. The lowest BCUT2D eigenvalue weighted by molar-refractivity contribution is -0.152. The van der Waals surface area contributed by atoms with Crippen LogP contribution in [-0.2, 0) is 24.8 Å². The van der Waals surface area contributed by atoms with E-state index in [1.54, 1.807) is 29.5 Å². The van der Waals surface area contributed by atoms with Crippen LogP contribution in [0.1, 0.15) is 141 Å². The molecule has 76 heavy (non-hydrogen) atoms. The number of hydrogen-bond acceptors (Lipinski definition) is 13. The smallest absolute Gasteiger partial charge is 0.417 e. The summed E-state index contributed by atoms with van der Waals surface area (Å²) in [6.45, 7) is 13.8. The van der Waals surface area contributed by atoms with Gasteiger partial charge in [0.1, 0.15) is 22.8 Å². The topological polar surface area (TPSA) is 237 Å². The highest BCUT2D eigenvalue weighted by atomic mass is 32.2. The third-order valence-corrected chi connectivity index (χ3v) is 21.8. The van der Waals surface area contributed by atoms with E-state index in [-0.39, 0.29) is 57.9 Å². The number of amides is 4. The monoisotopic (exact) mass is 1060 g/mol. The average molecular weight is 1060 g/mol. The molecule has 0 bridgehead atoms. The first-order valence-electron chi connectivity index (χ1n) is 27.7. The van der Waals surface area contributed by atoms with Crippen molar-refractivity contribution < 1.29 is 53.9 Å². The maximum absolute atomic E-state index is 14.5. The van der Waals surface area contributed by atoms with E-state index in [0.717, 1.165) is 55.3 Å². The van der Waals surface area contributed by atoms with Gasteiger partial charge in [-0.25, -0.2) is 9.69 Å². The summed E-state index contributed by atoms with van der Waals surface area (Å²) in [5.74, 6) is -4.30. The largest absolute Gasteiger partial charge is 0.510 e. The zero-order valence-corrected chi connectivity index (χ0v) is 46.0. The number of ketones is 2. The number of Topliss-reactive ketones (excluding diaryl/α,β-unsaturated/α-hetero) is 2. The first kappa shape index (κ1) is 54.1. The molecule has 10 rings (SSSR count). The molecule has 4 amide bonds. The minimum absolute atomic E-state index is 0.0458. The molecule has 4 fully saturated rings. The fourth-order valence-electron chi connectivity index (χ4n) is 16.5. The summed E-state index contributed by atoms with van der Waals surface area (Å²) in [5.41, 5.74) is 1.69. The highest BCUT2D eigenvalue weighted by Crippen LogP contribution is 2.68. The van der Waals surface area contributed by atoms with Crippen LogP contribution in [0.2, 0.25) is 0 Å². The number of carbonyl (C=O) groups is 6. The van der Waals surface area contributed by atoms with Gasteiger partial charge in [-0.2, -0.15) is 0 Å². The van der Waals surface area contributed by atoms with E-state index in [9.17, 15) is 49.2 Å². The maximum Gasteiger partial charge on any atom is 0.417 e. The number of nitrogens with two attached hydrogens (primary N) is 1. The fraction of sp³-hybridized carbons (Fsp3) is 0.600. The van der Waals surface area contributed by atoms with Crippen molar-refractivity contribution in [2.24, 2.45) is 63.9 Å². The van der Waals surface area contributed by atoms with Gasteiger partial charge in [-0.3, -0.25) is 34.2 Å². The Labute approximate surface area is 450 Å². The third kappa shape index (κ3) is 8.48. The number of benzene rings is 2. The van der Waals surface area contributed by atoms with Crippen molar-refractivity contribution in [1.82, 2.24) is 4.90 Å². The van der Waals surface area contributed by atoms with Gasteiger partial charge in [-0.15, -0.1) is 11.8 Å². The first-order valence-corrected chi connectivity index (χ1v) is 28.6. The number of thioether (sulfide) groups is 1. The number of likely N-dealkylation sites (N-methyl/N-ethyl adjacent to an activating group) is 1. The van der Waals surface area contributed by atoms with Gasteiger partial charge in [0, 0.05) is 34.8 Å². The van der Waals surface area contributed by atoms with E-state index < -0.39 is 80.6 Å². The lowest BCUT2D eigenvalue weighted by Gasteiger charge is -2.58. The Morgan fingerprint density at radius 2 is 1.63 bits per heavy atom. The predicted molar refractivity (Wildman–Crippen MR) is 289 cm³/mol. The summed E-state index contributed by atoms with van der Waals surface area (Å²) in [7, 11) is 3.04. The molecule has 3 saturated carbocycles. The van der Waals surface area contributed by atoms with Gasteiger partial charge in [0.05, 0.1) is 28.1 Å². The van der Waals surface area contributed by atoms with Crippen LogP contribution < -0.4 is 20.7 Å². The summed E-state index contributed by atoms with van der Waals surface area (Å²) in [4.78, 5) is 84.5. The Morgan fingerprint density at radius 1 is 0.908 bits per heavy atom. The normalized spacial score (nSPS) is 36.3. The Balaban J connectivity index is 0.784. The highest BCUT2D eigenvalue weighted by molar-refractivity contribution is 8.01. The summed E-state index contributed by atoms with van der Waals surface area (Å²) in [6.07, 6.45) is 14.9. The highest BCUT2D eigenvalue weighted by Gasteiger charge is 2.66. The number of nitrogens with zero attached hydrogens (tertiary/aromatic N) is 2. The van der Waals surface area contributed by atoms with Crippen LogP contribution in [0.4, 0.5) is 16.2 Å². The summed E-state index contributed by atoms with van der Waals surface area (Å²) >= 11 is 1.64. The molecule has 16 heteroatoms. The number of fused-ring (bicyclic) bond motifs is 8. The van der Waals surface area contributed by atoms with Crippen molar-refractivity contribution in [3.05, 3.63) is 87.9 Å². The predicted octanol–water partition coefficient (Wildman–Crippen LogP) is 9.47. The number of nitrogens with one attached hydrogen (secondary N) is 1. The van der Waals surface area contributed by atoms with Gasteiger partial charge >= 0.3 is 6.09 Å². The molecule has 2 aromatic carbocycles. The molecule has 8 aliphatic rings. The number of hydrogen-bond donors (Lipinski definition) is 6. The van der Waals surface area contributed by atoms with E-state index in [4.69, 9.17) is 10.5 Å². The molecule has 2 aromatic rings. The molecule has 0 aromatic heterocycles. The van der Waals surface area contributed by atoms with E-state index >= 15 is 0 Å². The molecule has 1 aliphatic heterocycles. The van der Waals surface area contributed by atoms with Crippen molar-refractivity contribution in [3.63, 3.8) is 0 Å². The Hall–Kier alpha value is -5.29. The quantitative estimate of drug-likeness (QED) is 0.0661. The van der Waals surface area contributed by atoms with Gasteiger partial charge in [-0.1, -0.05) is 77.7 Å². The Kier molecular flexibility index (Phi) is 13.9. The van der Waals surface area contributed by atoms with Gasteiger partial charge in [0.2, 0.25) is 17.6 Å². The van der Waals surface area contributed by atoms with Gasteiger partial charge < -0.3 is 30.9 Å². The molecule has 7 aliphatic carbocycles. The fourth-order valence-corrected chi connectivity index (χ4v) is 18.0. The standard InChI is InChI=1S/C60H76N4O11S/c1-30(2)11-9-12-31(3)37-21-22-38-36-20-15-32-27-35(23-25-57(32,4)39(36)24-26-58(37,38)5)76-44-29-45(65)64(55(44)71)34-18-16-33(17-19-34)62-56(72)75-43-14-10-13-40-46(43)50(66)47-41(59(40,6)73)28-42-49(63(7)8)51(67)48(54(61)70)53(69)60(42,74)52(47)68/h10,13-19,30-31,35-39,41-42,44,49,67-68,73-74H,9,11-12,20-29H2,1-8H3,(H2,61,70)(H,62,72)/t31?,35?,36?,37?,38?,39-,41?,42?,44?,49?,57?,58?,59?,60?/m0/s1. The van der Waals surface area contributed by atoms with Crippen LogP contribution in [0, 0.1) is 58.2 Å². The van der Waals surface area contributed by atoms with Crippen LogP contribution in [0.15, 0.2) is 76.8 Å². The lowest BCUT2D eigenvalue weighted by Crippen LogP contribution is -2.65. The molecule has 7 N–H and O–H groups in total. The van der Waals surface area contributed by atoms with Crippen molar-refractivity contribution >= 4 is 58.5 Å². The number of rotatable bonds is 12. The number of aliphatic hydroxyl groups excluding tert-OH is 2. The van der Waals surface area contributed by atoms with Crippen molar-refractivity contribution in [2.45, 2.75) is 153 Å². The number of aliphatic hydroxyl groups is 4. The Morgan fingerprint density at radius 3 is 2.32 bits per heavy atom. The van der Waals surface area contributed by atoms with Gasteiger partial charge in [0.15, 0.2) is 11.4 Å². The van der Waals surface area contributed by atoms with Crippen LogP contribution in [-0.4, -0.2) is 96.9 Å². The van der Waals surface area contributed by atoms with Crippen LogP contribution in [0.5, 0.6) is 5.75 Å². The van der Waals surface area contributed by atoms with E-state index in [0.29, 0.717) is 17.0 Å². The number of allylic oxidation sites excluding steroid dienone is 2. The van der Waals surface area contributed by atoms with Crippen LogP contribution in [0.3, 0.4) is 0 Å². The Bertz CT molecular complexity index is 2870. The molecule has 0 spiro atoms. The molecule has 15 nitrogen and oxygen atoms in total. The molecular weight excluding hydrogens is 985 g/mol. The molecule has 14 atom stereocenters. The maximum atomic E-state index is 14.5. The summed E-state index contributed by atoms with van der Waals surface area (Å²) < 4.78 is 5.67. The van der Waals surface area contributed by atoms with Gasteiger partial charge in [-0.05, 0) is 161 Å². The second kappa shape index (κ2) is 19.6. The van der Waals surface area contributed by atoms with E-state index in [2.05, 4.69) is 46.0 Å². The van der Waals surface area contributed by atoms with Crippen molar-refractivity contribution in [3.8, 4) is 5.75 Å². The van der Waals surface area contributed by atoms with Crippen molar-refractivity contribution in [2.75, 3.05) is 24.3 Å². The summed E-state index contributed by atoms with van der Waals surface area (Å²) in [6, 6.07) is 9.20. The molecule has 1 heterocycles. The second-order valence-corrected chi connectivity index (χ2v) is 26.6. The number of ether oxygens (including phenoxy) is 1. The third-order valence-electron chi connectivity index (χ3n) is 20.3. The van der Waals surface area contributed by atoms with Gasteiger partial charge in [0.25, 0.3) is 5.91 Å². The molecule has 1 saturated heterocycles. The molecule has 408 valence electrons. The van der Waals surface area contributed by atoms with Crippen LogP contribution >= 0.6 is 11.8 Å². The zero-order chi connectivity index (χ0) is 54.7. The van der Waals surface area contributed by atoms with E-state index in [1.807, 2.05) is 0 Å². The number of anilines is 2. The molecule has 13 unspecified atom stereocenters. The molecular formula is C60H76N4O11S. The van der Waals surface area contributed by atoms with Crippen molar-refractivity contribution in [1.29, 1.82) is 0 Å². The number of primary amides is 1. The van der Waals surface area contributed by atoms with E-state index in [1.165, 1.54) is 106 Å². The van der Waals surface area contributed by atoms with Crippen LogP contribution in [0.25, 0.3) is 0 Å². The second-order valence-electron chi connectivity index (χ2n) is 25.1. The zero-order valence-electron chi connectivity index (χ0n) is 45.2. The minimum Gasteiger partial charge on any atom is -0.510 e. The lowest BCUT2D eigenvalue weighted by atomic mass is 9.47. The molecule has 0 radical (unpaired) electrons.